The molecule has 0 aliphatic rings. The number of hydrogen-bond donors (Lipinski definition) is 0. The molecule has 0 aromatic carbocycles. The SMILES string of the molecule is C=C(COC(C)(C)CC)[B-](F)(F)F.[K+]. The summed E-state index contributed by atoms with van der Waals surface area (Å²) in [4.78, 5) is 0. The molecule has 0 saturated carbocycles. The summed E-state index contributed by atoms with van der Waals surface area (Å²) in [6.07, 6.45) is 0.672. The fraction of sp³-hybridized carbons (Fsp3) is 0.750. The van der Waals surface area contributed by atoms with Crippen LogP contribution in [0, 0.1) is 0 Å². The van der Waals surface area contributed by atoms with Crippen LogP contribution in [-0.4, -0.2) is 19.2 Å². The Hall–Kier alpha value is 1.19. The van der Waals surface area contributed by atoms with Gasteiger partial charge in [-0.15, -0.1) is 12.1 Å². The van der Waals surface area contributed by atoms with Gasteiger partial charge in [0.25, 0.3) is 0 Å². The van der Waals surface area contributed by atoms with Crippen LogP contribution in [0.25, 0.3) is 0 Å². The predicted molar refractivity (Wildman–Crippen MR) is 48.5 cm³/mol. The molecule has 0 heterocycles. The van der Waals surface area contributed by atoms with Gasteiger partial charge in [0, 0.05) is 6.61 Å². The molecule has 0 spiro atoms. The van der Waals surface area contributed by atoms with Crippen molar-refractivity contribution < 1.29 is 69.1 Å². The average molecular weight is 234 g/mol. The molecule has 0 bridgehead atoms. The Bertz CT molecular complexity index is 192. The standard InChI is InChI=1S/C8H15BF3O.K/c1-5-8(3,4)13-6-7(2)9(10,11)12;/h2,5-6H2,1,3-4H3;/q-1;+1. The largest absolute Gasteiger partial charge is 1.00 e. The molecule has 0 aromatic heterocycles. The maximum atomic E-state index is 12.0. The van der Waals surface area contributed by atoms with Crippen molar-refractivity contribution in [2.24, 2.45) is 0 Å². The summed E-state index contributed by atoms with van der Waals surface area (Å²) in [5, 5.41) is 0. The smallest absolute Gasteiger partial charge is 0.445 e. The zero-order valence-electron chi connectivity index (χ0n) is 9.24. The van der Waals surface area contributed by atoms with Gasteiger partial charge in [-0.05, 0) is 20.3 Å². The molecule has 0 fully saturated rings. The van der Waals surface area contributed by atoms with E-state index in [-0.39, 0.29) is 51.4 Å². The first-order chi connectivity index (χ1) is 5.69. The molecule has 0 unspecified atom stereocenters. The van der Waals surface area contributed by atoms with E-state index >= 15 is 0 Å². The molecule has 6 heteroatoms. The van der Waals surface area contributed by atoms with E-state index < -0.39 is 24.7 Å². The summed E-state index contributed by atoms with van der Waals surface area (Å²) < 4.78 is 41.1. The van der Waals surface area contributed by atoms with Crippen molar-refractivity contribution in [2.45, 2.75) is 32.8 Å². The molecular weight excluding hydrogens is 219 g/mol. The number of ether oxygens (including phenoxy) is 1. The molecular formula is C8H15BF3KO. The van der Waals surface area contributed by atoms with Crippen molar-refractivity contribution in [3.05, 3.63) is 12.1 Å². The topological polar surface area (TPSA) is 9.23 Å². The van der Waals surface area contributed by atoms with Crippen LogP contribution in [0.2, 0.25) is 0 Å². The van der Waals surface area contributed by atoms with Crippen molar-refractivity contribution in [1.82, 2.24) is 0 Å². The van der Waals surface area contributed by atoms with Gasteiger partial charge in [-0.1, -0.05) is 6.92 Å². The zero-order valence-corrected chi connectivity index (χ0v) is 12.4. The number of halogens is 3. The van der Waals surface area contributed by atoms with Crippen LogP contribution in [0.1, 0.15) is 27.2 Å². The van der Waals surface area contributed by atoms with E-state index in [0.717, 1.165) is 0 Å². The Labute approximate surface area is 126 Å². The minimum atomic E-state index is -4.95. The minimum Gasteiger partial charge on any atom is -0.445 e. The van der Waals surface area contributed by atoms with Crippen molar-refractivity contribution >= 4 is 6.98 Å². The van der Waals surface area contributed by atoms with Crippen LogP contribution in [0.4, 0.5) is 12.9 Å². The summed E-state index contributed by atoms with van der Waals surface area (Å²) in [5.41, 5.74) is -1.29. The van der Waals surface area contributed by atoms with Gasteiger partial charge in [0.1, 0.15) is 0 Å². The first kappa shape index (κ1) is 17.6. The second-order valence-electron chi connectivity index (χ2n) is 3.63. The maximum Gasteiger partial charge on any atom is 1.00 e. The van der Waals surface area contributed by atoms with Crippen LogP contribution >= 0.6 is 0 Å². The zero-order chi connectivity index (χ0) is 10.7. The van der Waals surface area contributed by atoms with E-state index in [1.807, 2.05) is 6.92 Å². The molecule has 1 nitrogen and oxygen atoms in total. The van der Waals surface area contributed by atoms with Crippen molar-refractivity contribution in [1.29, 1.82) is 0 Å². The van der Waals surface area contributed by atoms with Gasteiger partial charge in [0.05, 0.1) is 5.60 Å². The molecule has 14 heavy (non-hydrogen) atoms. The predicted octanol–water partition coefficient (Wildman–Crippen LogP) is 0.138. The van der Waals surface area contributed by atoms with Crippen molar-refractivity contribution in [3.8, 4) is 0 Å². The third-order valence-corrected chi connectivity index (χ3v) is 1.96. The van der Waals surface area contributed by atoms with Gasteiger partial charge in [0.15, 0.2) is 0 Å². The van der Waals surface area contributed by atoms with Gasteiger partial charge in [-0.3, -0.25) is 0 Å². The van der Waals surface area contributed by atoms with Crippen molar-refractivity contribution in [2.75, 3.05) is 6.61 Å². The molecule has 0 rings (SSSR count). The summed E-state index contributed by atoms with van der Waals surface area (Å²) in [6, 6.07) is 0. The minimum absolute atomic E-state index is 0. The van der Waals surface area contributed by atoms with Gasteiger partial charge < -0.3 is 17.7 Å². The molecule has 0 aliphatic heterocycles. The number of rotatable bonds is 5. The fourth-order valence-corrected chi connectivity index (χ4v) is 0.485. The van der Waals surface area contributed by atoms with Gasteiger partial charge >= 0.3 is 58.4 Å². The van der Waals surface area contributed by atoms with Crippen LogP contribution in [0.5, 0.6) is 0 Å². The Balaban J connectivity index is 0. The summed E-state index contributed by atoms with van der Waals surface area (Å²) in [5.74, 6) is 0. The second kappa shape index (κ2) is 6.70. The van der Waals surface area contributed by atoms with Crippen molar-refractivity contribution in [3.63, 3.8) is 0 Å². The van der Waals surface area contributed by atoms with Crippen LogP contribution in [0.15, 0.2) is 12.1 Å². The normalized spacial score (nSPS) is 12.1. The monoisotopic (exact) mass is 234 g/mol. The van der Waals surface area contributed by atoms with E-state index in [9.17, 15) is 12.9 Å². The first-order valence-electron chi connectivity index (χ1n) is 4.20. The van der Waals surface area contributed by atoms with Crippen LogP contribution in [-0.2, 0) is 4.74 Å². The molecule has 78 valence electrons. The molecule has 0 aliphatic carbocycles. The van der Waals surface area contributed by atoms with E-state index in [0.29, 0.717) is 6.42 Å². The Morgan fingerprint density at radius 2 is 1.79 bits per heavy atom. The molecule has 0 atom stereocenters. The maximum absolute atomic E-state index is 12.0. The van der Waals surface area contributed by atoms with E-state index in [1.165, 1.54) is 0 Å². The number of hydrogen-bond acceptors (Lipinski definition) is 1. The average Bonchev–Trinajstić information content (AvgIpc) is 1.98. The molecule has 0 radical (unpaired) electrons. The summed E-state index contributed by atoms with van der Waals surface area (Å²) in [7, 11) is 0. The first-order valence-corrected chi connectivity index (χ1v) is 4.20. The summed E-state index contributed by atoms with van der Waals surface area (Å²) in [6.45, 7) is 2.93. The van der Waals surface area contributed by atoms with Gasteiger partial charge in [-0.25, -0.2) is 0 Å². The Kier molecular flexibility index (Phi) is 8.42. The van der Waals surface area contributed by atoms with E-state index in [2.05, 4.69) is 6.58 Å². The van der Waals surface area contributed by atoms with Crippen LogP contribution in [0.3, 0.4) is 0 Å². The quantitative estimate of drug-likeness (QED) is 0.615. The third-order valence-electron chi connectivity index (χ3n) is 1.96. The Morgan fingerprint density at radius 1 is 1.36 bits per heavy atom. The molecule has 0 N–H and O–H groups in total. The molecule has 0 saturated heterocycles. The summed E-state index contributed by atoms with van der Waals surface area (Å²) >= 11 is 0. The third kappa shape index (κ3) is 7.48. The molecule has 0 amide bonds. The van der Waals surface area contributed by atoms with Gasteiger partial charge in [0.2, 0.25) is 0 Å². The van der Waals surface area contributed by atoms with E-state index in [1.54, 1.807) is 13.8 Å². The Morgan fingerprint density at radius 3 is 2.07 bits per heavy atom. The second-order valence-corrected chi connectivity index (χ2v) is 3.63. The van der Waals surface area contributed by atoms with E-state index in [4.69, 9.17) is 4.74 Å². The van der Waals surface area contributed by atoms with Crippen LogP contribution < -0.4 is 51.4 Å². The fourth-order valence-electron chi connectivity index (χ4n) is 0.485. The van der Waals surface area contributed by atoms with Gasteiger partial charge in [-0.2, -0.15) is 0 Å². The molecule has 0 aromatic rings.